The zero-order valence-electron chi connectivity index (χ0n) is 11.6. The number of aliphatic hydroxyl groups is 1. The molecule has 3 aromatic rings. The van der Waals surface area contributed by atoms with Gasteiger partial charge < -0.3 is 14.6 Å². The highest BCUT2D eigenvalue weighted by Crippen LogP contribution is 2.34. The average Bonchev–Trinajstić information content (AvgIpc) is 3.23. The number of benzene rings is 2. The molecule has 2 aromatic carbocycles. The van der Waals surface area contributed by atoms with Crippen molar-refractivity contribution in [3.8, 4) is 17.6 Å². The Morgan fingerprint density at radius 3 is 2.59 bits per heavy atom. The largest absolute Gasteiger partial charge is 0.508 e. The van der Waals surface area contributed by atoms with Gasteiger partial charge in [0.15, 0.2) is 0 Å². The third-order valence-electron chi connectivity index (χ3n) is 3.86. The quantitative estimate of drug-likeness (QED) is 0.379. The van der Waals surface area contributed by atoms with E-state index in [-0.39, 0.29) is 5.75 Å². The lowest BCUT2D eigenvalue weighted by Gasteiger charge is -2.03. The Morgan fingerprint density at radius 2 is 1.82 bits per heavy atom. The number of aromatic hydroxyl groups is 1. The van der Waals surface area contributed by atoms with Crippen LogP contribution in [0.2, 0.25) is 0 Å². The van der Waals surface area contributed by atoms with Gasteiger partial charge in [0.2, 0.25) is 0 Å². The number of hydrogen-bond acceptors (Lipinski definition) is 4. The van der Waals surface area contributed by atoms with Gasteiger partial charge in [-0.3, -0.25) is 0 Å². The molecular formula is C18H12O4. The maximum atomic E-state index is 12.1. The molecule has 22 heavy (non-hydrogen) atoms. The normalized spacial score (nSPS) is 15.5. The first kappa shape index (κ1) is 12.9. The predicted octanol–water partition coefficient (Wildman–Crippen LogP) is 2.53. The maximum Gasteiger partial charge on any atom is 0.344 e. The summed E-state index contributed by atoms with van der Waals surface area (Å²) in [5.74, 6) is 5.77. The van der Waals surface area contributed by atoms with E-state index >= 15 is 0 Å². The predicted molar refractivity (Wildman–Crippen MR) is 82.7 cm³/mol. The SMILES string of the molecule is O=c1oc2cc(O)ccc2c2ccc(C#CC3(O)CC3)cc12. The second-order valence-corrected chi connectivity index (χ2v) is 5.61. The van der Waals surface area contributed by atoms with Gasteiger partial charge in [-0.15, -0.1) is 0 Å². The molecule has 1 aliphatic carbocycles. The first-order valence-electron chi connectivity index (χ1n) is 6.99. The van der Waals surface area contributed by atoms with E-state index in [4.69, 9.17) is 4.42 Å². The van der Waals surface area contributed by atoms with Crippen molar-refractivity contribution in [1.82, 2.24) is 0 Å². The molecule has 2 N–H and O–H groups in total. The molecule has 4 heteroatoms. The van der Waals surface area contributed by atoms with Gasteiger partial charge in [-0.05, 0) is 37.1 Å². The Balaban J connectivity index is 1.94. The van der Waals surface area contributed by atoms with E-state index < -0.39 is 11.2 Å². The Morgan fingerprint density at radius 1 is 1.05 bits per heavy atom. The van der Waals surface area contributed by atoms with Crippen molar-refractivity contribution < 1.29 is 14.6 Å². The van der Waals surface area contributed by atoms with Gasteiger partial charge in [0.25, 0.3) is 0 Å². The summed E-state index contributed by atoms with van der Waals surface area (Å²) >= 11 is 0. The second kappa shape index (κ2) is 4.36. The second-order valence-electron chi connectivity index (χ2n) is 5.61. The van der Waals surface area contributed by atoms with Crippen molar-refractivity contribution in [2.24, 2.45) is 0 Å². The minimum atomic E-state index is -0.847. The molecule has 4 nitrogen and oxygen atoms in total. The van der Waals surface area contributed by atoms with E-state index in [1.54, 1.807) is 18.2 Å². The van der Waals surface area contributed by atoms with Crippen molar-refractivity contribution in [2.75, 3.05) is 0 Å². The van der Waals surface area contributed by atoms with Crippen LogP contribution in [-0.4, -0.2) is 15.8 Å². The molecule has 1 saturated carbocycles. The Labute approximate surface area is 125 Å². The van der Waals surface area contributed by atoms with Crippen LogP contribution in [0.1, 0.15) is 18.4 Å². The van der Waals surface area contributed by atoms with Crippen molar-refractivity contribution in [3.05, 3.63) is 52.4 Å². The van der Waals surface area contributed by atoms with Gasteiger partial charge in [0.1, 0.15) is 16.9 Å². The van der Waals surface area contributed by atoms with E-state index in [9.17, 15) is 15.0 Å². The summed E-state index contributed by atoms with van der Waals surface area (Å²) in [7, 11) is 0. The molecule has 0 bridgehead atoms. The summed E-state index contributed by atoms with van der Waals surface area (Å²) in [5, 5.41) is 21.2. The van der Waals surface area contributed by atoms with Gasteiger partial charge in [0, 0.05) is 22.4 Å². The van der Waals surface area contributed by atoms with Crippen LogP contribution < -0.4 is 5.63 Å². The molecule has 0 unspecified atom stereocenters. The minimum absolute atomic E-state index is 0.0511. The molecule has 0 spiro atoms. The molecule has 1 aliphatic rings. The highest BCUT2D eigenvalue weighted by Gasteiger charge is 2.38. The third kappa shape index (κ3) is 2.12. The molecule has 0 radical (unpaired) electrons. The zero-order chi connectivity index (χ0) is 15.3. The molecule has 0 amide bonds. The van der Waals surface area contributed by atoms with Crippen molar-refractivity contribution in [1.29, 1.82) is 0 Å². The van der Waals surface area contributed by atoms with Crippen LogP contribution in [0.15, 0.2) is 45.6 Å². The van der Waals surface area contributed by atoms with Crippen LogP contribution in [0.25, 0.3) is 21.7 Å². The lowest BCUT2D eigenvalue weighted by Crippen LogP contribution is -2.02. The third-order valence-corrected chi connectivity index (χ3v) is 3.86. The molecule has 1 fully saturated rings. The van der Waals surface area contributed by atoms with Gasteiger partial charge in [0.05, 0.1) is 5.39 Å². The first-order chi connectivity index (χ1) is 10.5. The fraction of sp³-hybridized carbons (Fsp3) is 0.167. The molecule has 0 saturated heterocycles. The molecule has 0 atom stereocenters. The lowest BCUT2D eigenvalue weighted by atomic mass is 10.0. The summed E-state index contributed by atoms with van der Waals surface area (Å²) in [5.41, 5.74) is -0.302. The average molecular weight is 292 g/mol. The van der Waals surface area contributed by atoms with Crippen LogP contribution in [-0.2, 0) is 0 Å². The summed E-state index contributed by atoms with van der Waals surface area (Å²) in [6.45, 7) is 0. The number of fused-ring (bicyclic) bond motifs is 3. The Bertz CT molecular complexity index is 1030. The number of rotatable bonds is 0. The molecule has 4 rings (SSSR count). The monoisotopic (exact) mass is 292 g/mol. The van der Waals surface area contributed by atoms with Crippen molar-refractivity contribution in [2.45, 2.75) is 18.4 Å². The summed E-state index contributed by atoms with van der Waals surface area (Å²) < 4.78 is 5.26. The van der Waals surface area contributed by atoms with Gasteiger partial charge in [-0.25, -0.2) is 4.79 Å². The summed E-state index contributed by atoms with van der Waals surface area (Å²) in [6, 6.07) is 9.99. The lowest BCUT2D eigenvalue weighted by molar-refractivity contribution is 0.212. The van der Waals surface area contributed by atoms with Crippen LogP contribution in [0.4, 0.5) is 0 Å². The first-order valence-corrected chi connectivity index (χ1v) is 6.99. The molecular weight excluding hydrogens is 280 g/mol. The number of hydrogen-bond donors (Lipinski definition) is 2. The van der Waals surface area contributed by atoms with E-state index in [2.05, 4.69) is 11.8 Å². The van der Waals surface area contributed by atoms with Gasteiger partial charge >= 0.3 is 5.63 Å². The standard InChI is InChI=1S/C18H12O4/c19-12-2-4-14-13-3-1-11(5-6-18(21)7-8-18)9-15(13)17(20)22-16(14)10-12/h1-4,9-10,19,21H,7-8H2. The maximum absolute atomic E-state index is 12.1. The molecule has 1 heterocycles. The van der Waals surface area contributed by atoms with Gasteiger partial charge in [-0.1, -0.05) is 17.9 Å². The zero-order valence-corrected chi connectivity index (χ0v) is 11.6. The minimum Gasteiger partial charge on any atom is -0.508 e. The Hall–Kier alpha value is -2.77. The van der Waals surface area contributed by atoms with Crippen LogP contribution >= 0.6 is 0 Å². The topological polar surface area (TPSA) is 70.7 Å². The highest BCUT2D eigenvalue weighted by atomic mass is 16.4. The van der Waals surface area contributed by atoms with Gasteiger partial charge in [-0.2, -0.15) is 0 Å². The molecule has 108 valence electrons. The smallest absolute Gasteiger partial charge is 0.344 e. The highest BCUT2D eigenvalue weighted by molar-refractivity contribution is 6.04. The fourth-order valence-corrected chi connectivity index (χ4v) is 2.43. The number of phenolic OH excluding ortho intramolecular Hbond substituents is 1. The van der Waals surface area contributed by atoms with E-state index in [1.165, 1.54) is 6.07 Å². The molecule has 1 aromatic heterocycles. The Kier molecular flexibility index (Phi) is 2.56. The fourth-order valence-electron chi connectivity index (χ4n) is 2.43. The van der Waals surface area contributed by atoms with E-state index in [1.807, 2.05) is 12.1 Å². The van der Waals surface area contributed by atoms with Crippen LogP contribution in [0.5, 0.6) is 5.75 Å². The molecule has 0 aliphatic heterocycles. The summed E-state index contributed by atoms with van der Waals surface area (Å²) in [4.78, 5) is 12.1. The van der Waals surface area contributed by atoms with Crippen LogP contribution in [0, 0.1) is 11.8 Å². The van der Waals surface area contributed by atoms with E-state index in [0.717, 1.165) is 10.8 Å². The summed E-state index contributed by atoms with van der Waals surface area (Å²) in [6.07, 6.45) is 1.40. The van der Waals surface area contributed by atoms with Crippen molar-refractivity contribution >= 4 is 21.7 Å². The van der Waals surface area contributed by atoms with Crippen molar-refractivity contribution in [3.63, 3.8) is 0 Å². The van der Waals surface area contributed by atoms with Crippen LogP contribution in [0.3, 0.4) is 0 Å². The van der Waals surface area contributed by atoms with E-state index in [0.29, 0.717) is 29.4 Å². The number of phenols is 1.